The molecule has 3 rings (SSSR count). The van der Waals surface area contributed by atoms with Crippen LogP contribution >= 0.6 is 22.9 Å². The Kier molecular flexibility index (Phi) is 4.08. The van der Waals surface area contributed by atoms with E-state index >= 15 is 0 Å². The minimum Gasteiger partial charge on any atom is -0.487 e. The normalized spacial score (nSPS) is 10.5. The number of hydrogen-bond donors (Lipinski definition) is 1. The minimum absolute atomic E-state index is 0.407. The summed E-state index contributed by atoms with van der Waals surface area (Å²) >= 11 is 7.73. The molecule has 1 aromatic heterocycles. The predicted molar refractivity (Wildman–Crippen MR) is 87.7 cm³/mol. The molecule has 0 saturated heterocycles. The van der Waals surface area contributed by atoms with Gasteiger partial charge in [0, 0.05) is 22.7 Å². The van der Waals surface area contributed by atoms with E-state index in [4.69, 9.17) is 22.1 Å². The van der Waals surface area contributed by atoms with Crippen molar-refractivity contribution in [1.82, 2.24) is 4.98 Å². The highest BCUT2D eigenvalue weighted by molar-refractivity contribution is 7.13. The van der Waals surface area contributed by atoms with E-state index in [0.717, 1.165) is 22.0 Å². The first-order valence-corrected chi connectivity index (χ1v) is 7.66. The Hall–Kier alpha value is -2.04. The number of nitrogens with two attached hydrogens (primary N) is 1. The van der Waals surface area contributed by atoms with Crippen LogP contribution in [0, 0.1) is 0 Å². The standard InChI is InChI=1S/C16H13ClN2OS/c17-15-7-2-1-6-14(15)16-19-12(10-21-16)9-20-13-5-3-4-11(18)8-13/h1-8,10H,9,18H2. The van der Waals surface area contributed by atoms with Crippen LogP contribution in [-0.4, -0.2) is 4.98 Å². The first-order chi connectivity index (χ1) is 10.2. The van der Waals surface area contributed by atoms with Gasteiger partial charge in [-0.05, 0) is 18.2 Å². The first kappa shape index (κ1) is 13.9. The molecule has 0 atom stereocenters. The summed E-state index contributed by atoms with van der Waals surface area (Å²) in [6, 6.07) is 15.0. The Labute approximate surface area is 132 Å². The lowest BCUT2D eigenvalue weighted by Gasteiger charge is -2.04. The van der Waals surface area contributed by atoms with E-state index in [1.165, 1.54) is 0 Å². The summed E-state index contributed by atoms with van der Waals surface area (Å²) in [4.78, 5) is 4.56. The van der Waals surface area contributed by atoms with Crippen LogP contribution in [0.15, 0.2) is 53.9 Å². The van der Waals surface area contributed by atoms with Crippen molar-refractivity contribution in [2.75, 3.05) is 5.73 Å². The lowest BCUT2D eigenvalue weighted by Crippen LogP contribution is -1.96. The summed E-state index contributed by atoms with van der Waals surface area (Å²) in [5, 5.41) is 3.58. The second kappa shape index (κ2) is 6.16. The number of aromatic nitrogens is 1. The zero-order chi connectivity index (χ0) is 14.7. The highest BCUT2D eigenvalue weighted by atomic mass is 35.5. The molecule has 21 heavy (non-hydrogen) atoms. The lowest BCUT2D eigenvalue weighted by molar-refractivity contribution is 0.302. The summed E-state index contributed by atoms with van der Waals surface area (Å²) in [5.41, 5.74) is 8.22. The molecule has 1 heterocycles. The van der Waals surface area contributed by atoms with Gasteiger partial charge in [0.25, 0.3) is 0 Å². The summed E-state index contributed by atoms with van der Waals surface area (Å²) < 4.78 is 5.68. The molecule has 0 aliphatic rings. The molecule has 0 saturated carbocycles. The molecular formula is C16H13ClN2OS. The van der Waals surface area contributed by atoms with Gasteiger partial charge in [-0.25, -0.2) is 4.98 Å². The predicted octanol–water partition coefficient (Wildman–Crippen LogP) is 4.62. The second-order valence-corrected chi connectivity index (χ2v) is 5.75. The van der Waals surface area contributed by atoms with Crippen molar-refractivity contribution in [3.8, 4) is 16.3 Å². The summed E-state index contributed by atoms with van der Waals surface area (Å²) in [6.45, 7) is 0.407. The van der Waals surface area contributed by atoms with Crippen LogP contribution in [0.1, 0.15) is 5.69 Å². The van der Waals surface area contributed by atoms with Gasteiger partial charge in [-0.15, -0.1) is 11.3 Å². The molecule has 0 fully saturated rings. The van der Waals surface area contributed by atoms with Crippen molar-refractivity contribution in [2.24, 2.45) is 0 Å². The van der Waals surface area contributed by atoms with E-state index in [2.05, 4.69) is 4.98 Å². The molecule has 106 valence electrons. The van der Waals surface area contributed by atoms with E-state index < -0.39 is 0 Å². The van der Waals surface area contributed by atoms with Gasteiger partial charge < -0.3 is 10.5 Å². The number of nitrogens with zero attached hydrogens (tertiary/aromatic N) is 1. The molecule has 0 spiro atoms. The highest BCUT2D eigenvalue weighted by Gasteiger charge is 2.08. The van der Waals surface area contributed by atoms with Gasteiger partial charge in [0.2, 0.25) is 0 Å². The Morgan fingerprint density at radius 3 is 2.81 bits per heavy atom. The number of benzene rings is 2. The van der Waals surface area contributed by atoms with Crippen molar-refractivity contribution in [3.05, 3.63) is 64.6 Å². The maximum Gasteiger partial charge on any atom is 0.131 e. The number of thiazole rings is 1. The van der Waals surface area contributed by atoms with Crippen LogP contribution in [0.4, 0.5) is 5.69 Å². The van der Waals surface area contributed by atoms with E-state index in [9.17, 15) is 0 Å². The largest absolute Gasteiger partial charge is 0.487 e. The SMILES string of the molecule is Nc1cccc(OCc2csc(-c3ccccc3Cl)n2)c1. The fraction of sp³-hybridized carbons (Fsp3) is 0.0625. The third-order valence-corrected chi connectivity index (χ3v) is 4.15. The van der Waals surface area contributed by atoms with Gasteiger partial charge in [-0.3, -0.25) is 0 Å². The van der Waals surface area contributed by atoms with Crippen LogP contribution < -0.4 is 10.5 Å². The van der Waals surface area contributed by atoms with Gasteiger partial charge in [0.05, 0.1) is 10.7 Å². The van der Waals surface area contributed by atoms with E-state index in [1.807, 2.05) is 47.8 Å². The Morgan fingerprint density at radius 1 is 1.14 bits per heavy atom. The van der Waals surface area contributed by atoms with Crippen LogP contribution in [0.25, 0.3) is 10.6 Å². The molecule has 0 aliphatic carbocycles. The monoisotopic (exact) mass is 316 g/mol. The number of nitrogen functional groups attached to an aromatic ring is 1. The molecule has 0 bridgehead atoms. The molecular weight excluding hydrogens is 304 g/mol. The van der Waals surface area contributed by atoms with Gasteiger partial charge in [-0.1, -0.05) is 35.9 Å². The zero-order valence-corrected chi connectivity index (χ0v) is 12.7. The number of hydrogen-bond acceptors (Lipinski definition) is 4. The maximum absolute atomic E-state index is 6.18. The van der Waals surface area contributed by atoms with Gasteiger partial charge in [-0.2, -0.15) is 0 Å². The second-order valence-electron chi connectivity index (χ2n) is 4.49. The van der Waals surface area contributed by atoms with E-state index in [0.29, 0.717) is 17.3 Å². The van der Waals surface area contributed by atoms with Crippen LogP contribution in [0.5, 0.6) is 5.75 Å². The van der Waals surface area contributed by atoms with Crippen molar-refractivity contribution in [3.63, 3.8) is 0 Å². The van der Waals surface area contributed by atoms with Crippen molar-refractivity contribution in [1.29, 1.82) is 0 Å². The number of ether oxygens (including phenoxy) is 1. The van der Waals surface area contributed by atoms with Gasteiger partial charge in [0.15, 0.2) is 0 Å². The summed E-state index contributed by atoms with van der Waals surface area (Å²) in [5.74, 6) is 0.738. The molecule has 5 heteroatoms. The summed E-state index contributed by atoms with van der Waals surface area (Å²) in [7, 11) is 0. The highest BCUT2D eigenvalue weighted by Crippen LogP contribution is 2.30. The Balaban J connectivity index is 1.72. The molecule has 2 N–H and O–H groups in total. The molecule has 0 aliphatic heterocycles. The number of anilines is 1. The molecule has 0 radical (unpaired) electrons. The van der Waals surface area contributed by atoms with Gasteiger partial charge in [0.1, 0.15) is 17.4 Å². The quantitative estimate of drug-likeness (QED) is 0.714. The van der Waals surface area contributed by atoms with Gasteiger partial charge >= 0.3 is 0 Å². The molecule has 3 nitrogen and oxygen atoms in total. The minimum atomic E-state index is 0.407. The summed E-state index contributed by atoms with van der Waals surface area (Å²) in [6.07, 6.45) is 0. The van der Waals surface area contributed by atoms with Crippen LogP contribution in [-0.2, 0) is 6.61 Å². The van der Waals surface area contributed by atoms with Crippen molar-refractivity contribution in [2.45, 2.75) is 6.61 Å². The average molecular weight is 317 g/mol. The molecule has 3 aromatic rings. The molecule has 0 amide bonds. The van der Waals surface area contributed by atoms with E-state index in [-0.39, 0.29) is 0 Å². The van der Waals surface area contributed by atoms with Crippen molar-refractivity contribution >= 4 is 28.6 Å². The topological polar surface area (TPSA) is 48.1 Å². The molecule has 2 aromatic carbocycles. The molecule has 0 unspecified atom stereocenters. The fourth-order valence-corrected chi connectivity index (χ4v) is 3.02. The van der Waals surface area contributed by atoms with E-state index in [1.54, 1.807) is 17.4 Å². The fourth-order valence-electron chi connectivity index (χ4n) is 1.89. The number of halogens is 1. The zero-order valence-electron chi connectivity index (χ0n) is 11.1. The third kappa shape index (κ3) is 3.35. The Bertz CT molecular complexity index is 757. The third-order valence-electron chi connectivity index (χ3n) is 2.90. The average Bonchev–Trinajstić information content (AvgIpc) is 2.94. The number of rotatable bonds is 4. The lowest BCUT2D eigenvalue weighted by atomic mass is 10.2. The first-order valence-electron chi connectivity index (χ1n) is 6.40. The Morgan fingerprint density at radius 2 is 2.00 bits per heavy atom. The smallest absolute Gasteiger partial charge is 0.131 e. The van der Waals surface area contributed by atoms with Crippen LogP contribution in [0.2, 0.25) is 5.02 Å². The maximum atomic E-state index is 6.18. The van der Waals surface area contributed by atoms with Crippen molar-refractivity contribution < 1.29 is 4.74 Å². The van der Waals surface area contributed by atoms with Crippen LogP contribution in [0.3, 0.4) is 0 Å².